The monoisotopic (exact) mass is 324 g/mol. The SMILES string of the molecule is O=C(CCC(=O)NN=Cc1cccnc1)NN=Cc1cccnc1. The van der Waals surface area contributed by atoms with Gasteiger partial charge in [0.25, 0.3) is 0 Å². The van der Waals surface area contributed by atoms with Crippen molar-refractivity contribution in [2.75, 3.05) is 0 Å². The molecule has 0 saturated heterocycles. The van der Waals surface area contributed by atoms with E-state index in [4.69, 9.17) is 0 Å². The van der Waals surface area contributed by atoms with Gasteiger partial charge in [0.1, 0.15) is 0 Å². The molecule has 2 amide bonds. The maximum atomic E-state index is 11.6. The van der Waals surface area contributed by atoms with Gasteiger partial charge in [-0.1, -0.05) is 12.1 Å². The van der Waals surface area contributed by atoms with Crippen LogP contribution in [-0.4, -0.2) is 34.2 Å². The van der Waals surface area contributed by atoms with E-state index in [9.17, 15) is 9.59 Å². The van der Waals surface area contributed by atoms with Gasteiger partial charge < -0.3 is 0 Å². The Bertz CT molecular complexity index is 652. The zero-order valence-electron chi connectivity index (χ0n) is 12.8. The molecule has 0 aliphatic carbocycles. The number of carbonyl (C=O) groups is 2. The van der Waals surface area contributed by atoms with Crippen LogP contribution in [0.1, 0.15) is 24.0 Å². The summed E-state index contributed by atoms with van der Waals surface area (Å²) in [5.74, 6) is -0.719. The van der Waals surface area contributed by atoms with Crippen molar-refractivity contribution in [3.8, 4) is 0 Å². The quantitative estimate of drug-likeness (QED) is 0.581. The molecule has 0 spiro atoms. The molecule has 24 heavy (non-hydrogen) atoms. The Morgan fingerprint density at radius 2 is 1.33 bits per heavy atom. The second kappa shape index (κ2) is 9.57. The first-order valence-electron chi connectivity index (χ1n) is 7.18. The van der Waals surface area contributed by atoms with Crippen LogP contribution in [0.15, 0.2) is 59.3 Å². The van der Waals surface area contributed by atoms with Crippen LogP contribution in [0.25, 0.3) is 0 Å². The number of pyridine rings is 2. The maximum Gasteiger partial charge on any atom is 0.240 e. The van der Waals surface area contributed by atoms with Crippen LogP contribution >= 0.6 is 0 Å². The van der Waals surface area contributed by atoms with Gasteiger partial charge in [0.15, 0.2) is 0 Å². The molecule has 2 aromatic heterocycles. The zero-order chi connectivity index (χ0) is 17.0. The van der Waals surface area contributed by atoms with Crippen molar-refractivity contribution < 1.29 is 9.59 Å². The number of nitrogens with one attached hydrogen (secondary N) is 2. The standard InChI is InChI=1S/C16H16N6O2/c23-15(21-19-11-13-3-1-7-17-9-13)5-6-16(24)22-20-12-14-4-2-8-18-10-14/h1-4,7-12H,5-6H2,(H,21,23)(H,22,24). The van der Waals surface area contributed by atoms with E-state index in [1.807, 2.05) is 0 Å². The number of rotatable bonds is 7. The van der Waals surface area contributed by atoms with Crippen LogP contribution in [0.3, 0.4) is 0 Å². The molecule has 0 saturated carbocycles. The van der Waals surface area contributed by atoms with Crippen molar-refractivity contribution in [1.29, 1.82) is 0 Å². The first-order chi connectivity index (χ1) is 11.7. The molecule has 8 heteroatoms. The van der Waals surface area contributed by atoms with Gasteiger partial charge in [-0.3, -0.25) is 19.6 Å². The van der Waals surface area contributed by atoms with Crippen LogP contribution in [0.2, 0.25) is 0 Å². The normalized spacial score (nSPS) is 10.8. The average Bonchev–Trinajstić information content (AvgIpc) is 2.62. The Morgan fingerprint density at radius 3 is 1.71 bits per heavy atom. The zero-order valence-corrected chi connectivity index (χ0v) is 12.8. The Balaban J connectivity index is 1.65. The van der Waals surface area contributed by atoms with Crippen molar-refractivity contribution in [3.63, 3.8) is 0 Å². The smallest absolute Gasteiger partial charge is 0.240 e. The fourth-order valence-electron chi connectivity index (χ4n) is 1.60. The Kier molecular flexibility index (Phi) is 6.75. The molecular formula is C16H16N6O2. The number of aromatic nitrogens is 2. The number of hydrazone groups is 2. The molecule has 2 rings (SSSR count). The highest BCUT2D eigenvalue weighted by Crippen LogP contribution is 1.93. The van der Waals surface area contributed by atoms with Crippen molar-refractivity contribution >= 4 is 24.2 Å². The molecule has 0 aliphatic rings. The highest BCUT2D eigenvalue weighted by molar-refractivity contribution is 5.86. The summed E-state index contributed by atoms with van der Waals surface area (Å²) in [6.07, 6.45) is 9.49. The van der Waals surface area contributed by atoms with Crippen LogP contribution in [0, 0.1) is 0 Å². The minimum Gasteiger partial charge on any atom is -0.273 e. The van der Waals surface area contributed by atoms with E-state index in [0.717, 1.165) is 11.1 Å². The Morgan fingerprint density at radius 1 is 0.875 bits per heavy atom. The topological polar surface area (TPSA) is 109 Å². The lowest BCUT2D eigenvalue weighted by Gasteiger charge is -2.00. The molecule has 0 aliphatic heterocycles. The van der Waals surface area contributed by atoms with E-state index in [2.05, 4.69) is 31.0 Å². The third-order valence-corrected chi connectivity index (χ3v) is 2.75. The van der Waals surface area contributed by atoms with E-state index < -0.39 is 0 Å². The van der Waals surface area contributed by atoms with Gasteiger partial charge in [0.2, 0.25) is 11.8 Å². The molecule has 0 aromatic carbocycles. The fraction of sp³-hybridized carbons (Fsp3) is 0.125. The number of amides is 2. The van der Waals surface area contributed by atoms with Gasteiger partial charge in [-0.15, -0.1) is 0 Å². The minimum absolute atomic E-state index is 0.0125. The first kappa shape index (κ1) is 16.9. The third-order valence-electron chi connectivity index (χ3n) is 2.75. The lowest BCUT2D eigenvalue weighted by molar-refractivity contribution is -0.126. The molecule has 8 nitrogen and oxygen atoms in total. The lowest BCUT2D eigenvalue weighted by Crippen LogP contribution is -2.22. The summed E-state index contributed by atoms with van der Waals surface area (Å²) in [5.41, 5.74) is 6.22. The molecule has 0 radical (unpaired) electrons. The van der Waals surface area contributed by atoms with Crippen LogP contribution in [0.4, 0.5) is 0 Å². The molecule has 0 fully saturated rings. The van der Waals surface area contributed by atoms with E-state index >= 15 is 0 Å². The largest absolute Gasteiger partial charge is 0.273 e. The van der Waals surface area contributed by atoms with Gasteiger partial charge in [-0.05, 0) is 12.1 Å². The van der Waals surface area contributed by atoms with Gasteiger partial charge in [-0.25, -0.2) is 10.9 Å². The molecule has 0 atom stereocenters. The van der Waals surface area contributed by atoms with E-state index in [-0.39, 0.29) is 24.7 Å². The lowest BCUT2D eigenvalue weighted by atomic mass is 10.3. The van der Waals surface area contributed by atoms with Crippen molar-refractivity contribution in [1.82, 2.24) is 20.8 Å². The molecule has 2 N–H and O–H groups in total. The Hall–Kier alpha value is -3.42. The highest BCUT2D eigenvalue weighted by Gasteiger charge is 2.05. The highest BCUT2D eigenvalue weighted by atomic mass is 16.2. The second-order valence-electron chi connectivity index (χ2n) is 4.66. The molecule has 122 valence electrons. The number of carbonyl (C=O) groups excluding carboxylic acids is 2. The fourth-order valence-corrected chi connectivity index (χ4v) is 1.60. The van der Waals surface area contributed by atoms with Crippen molar-refractivity contribution in [2.24, 2.45) is 10.2 Å². The molecular weight excluding hydrogens is 308 g/mol. The van der Waals surface area contributed by atoms with E-state index in [1.165, 1.54) is 12.4 Å². The van der Waals surface area contributed by atoms with Crippen LogP contribution in [-0.2, 0) is 9.59 Å². The van der Waals surface area contributed by atoms with Crippen LogP contribution < -0.4 is 10.9 Å². The van der Waals surface area contributed by atoms with Gasteiger partial charge in [0.05, 0.1) is 12.4 Å². The van der Waals surface area contributed by atoms with E-state index in [1.54, 1.807) is 49.1 Å². The van der Waals surface area contributed by atoms with E-state index in [0.29, 0.717) is 0 Å². The molecule has 0 unspecified atom stereocenters. The summed E-state index contributed by atoms with van der Waals surface area (Å²) in [5, 5.41) is 7.58. The predicted molar refractivity (Wildman–Crippen MR) is 89.2 cm³/mol. The van der Waals surface area contributed by atoms with Gasteiger partial charge in [0, 0.05) is 48.8 Å². The summed E-state index contributed by atoms with van der Waals surface area (Å²) in [7, 11) is 0. The predicted octanol–water partition coefficient (Wildman–Crippen LogP) is 0.857. The first-order valence-corrected chi connectivity index (χ1v) is 7.18. The second-order valence-corrected chi connectivity index (χ2v) is 4.66. The van der Waals surface area contributed by atoms with Gasteiger partial charge in [-0.2, -0.15) is 10.2 Å². The number of hydrogen-bond donors (Lipinski definition) is 2. The summed E-state index contributed by atoms with van der Waals surface area (Å²) < 4.78 is 0. The maximum absolute atomic E-state index is 11.6. The van der Waals surface area contributed by atoms with Gasteiger partial charge >= 0.3 is 0 Å². The summed E-state index contributed by atoms with van der Waals surface area (Å²) in [6.45, 7) is 0. The minimum atomic E-state index is -0.360. The summed E-state index contributed by atoms with van der Waals surface area (Å²) in [4.78, 5) is 31.0. The number of hydrogen-bond acceptors (Lipinski definition) is 6. The van der Waals surface area contributed by atoms with Crippen LogP contribution in [0.5, 0.6) is 0 Å². The summed E-state index contributed by atoms with van der Waals surface area (Å²) >= 11 is 0. The number of nitrogens with zero attached hydrogens (tertiary/aromatic N) is 4. The van der Waals surface area contributed by atoms with Crippen molar-refractivity contribution in [2.45, 2.75) is 12.8 Å². The molecule has 2 aromatic rings. The average molecular weight is 324 g/mol. The molecule has 0 bridgehead atoms. The molecule has 2 heterocycles. The van der Waals surface area contributed by atoms with Crippen molar-refractivity contribution in [3.05, 3.63) is 60.2 Å². The Labute approximate surface area is 138 Å². The summed E-state index contributed by atoms with van der Waals surface area (Å²) in [6, 6.07) is 7.13. The third kappa shape index (κ3) is 6.56.